The third-order valence-electron chi connectivity index (χ3n) is 2.38. The number of nitrogens with zero attached hydrogens (tertiary/aromatic N) is 1. The number of aromatic nitrogens is 1. The average Bonchev–Trinajstić information content (AvgIpc) is 2.75. The molecule has 94 valence electrons. The van der Waals surface area contributed by atoms with Gasteiger partial charge >= 0.3 is 0 Å². The highest BCUT2D eigenvalue weighted by Gasteiger charge is 2.11. The second-order valence-corrected chi connectivity index (χ2v) is 4.92. The summed E-state index contributed by atoms with van der Waals surface area (Å²) >= 11 is 7.22. The van der Waals surface area contributed by atoms with E-state index >= 15 is 0 Å². The normalized spacial score (nSPS) is 10.3. The number of nitrogens with two attached hydrogens (primary N) is 1. The Morgan fingerprint density at radius 1 is 1.56 bits per heavy atom. The molecule has 0 radical (unpaired) electrons. The standard InChI is InChI=1S/C12H11ClN2O2S/c1-17-11-4-7(2-3-9(11)13)10(16)5-8-6-18-12(14)15-8/h2-4,6H,5H2,1H3,(H2,14,15). The maximum atomic E-state index is 12.0. The van der Waals surface area contributed by atoms with E-state index in [4.69, 9.17) is 22.1 Å². The zero-order valence-electron chi connectivity index (χ0n) is 9.64. The van der Waals surface area contributed by atoms with Crippen LogP contribution < -0.4 is 10.5 Å². The summed E-state index contributed by atoms with van der Waals surface area (Å²) in [5.74, 6) is 0.440. The molecule has 18 heavy (non-hydrogen) atoms. The Labute approximate surface area is 113 Å². The Kier molecular flexibility index (Phi) is 3.84. The SMILES string of the molecule is COc1cc(C(=O)Cc2csc(N)n2)ccc1Cl. The molecular formula is C12H11ClN2O2S. The molecule has 0 saturated carbocycles. The molecule has 4 nitrogen and oxygen atoms in total. The first kappa shape index (κ1) is 12.9. The van der Waals surface area contributed by atoms with E-state index in [9.17, 15) is 4.79 Å². The number of ketones is 1. The Morgan fingerprint density at radius 3 is 2.94 bits per heavy atom. The van der Waals surface area contributed by atoms with E-state index in [1.54, 1.807) is 23.6 Å². The van der Waals surface area contributed by atoms with Crippen LogP contribution in [0.2, 0.25) is 5.02 Å². The van der Waals surface area contributed by atoms with E-state index in [1.165, 1.54) is 18.4 Å². The van der Waals surface area contributed by atoms with Crippen molar-refractivity contribution >= 4 is 33.9 Å². The molecule has 0 fully saturated rings. The summed E-state index contributed by atoms with van der Waals surface area (Å²) < 4.78 is 5.07. The molecule has 0 aliphatic carbocycles. The third-order valence-corrected chi connectivity index (χ3v) is 3.42. The molecule has 0 saturated heterocycles. The quantitative estimate of drug-likeness (QED) is 0.876. The number of anilines is 1. The summed E-state index contributed by atoms with van der Waals surface area (Å²) in [6.45, 7) is 0. The number of Topliss-reactive ketones (excluding diaryl/α,β-unsaturated/α-hetero) is 1. The number of carbonyl (C=O) groups is 1. The van der Waals surface area contributed by atoms with Crippen molar-refractivity contribution in [1.29, 1.82) is 0 Å². The predicted octanol–water partition coefficient (Wildman–Crippen LogP) is 2.81. The molecule has 0 amide bonds. The lowest BCUT2D eigenvalue weighted by molar-refractivity contribution is 0.0992. The smallest absolute Gasteiger partial charge is 0.180 e. The molecule has 1 heterocycles. The number of hydrogen-bond donors (Lipinski definition) is 1. The number of hydrogen-bond acceptors (Lipinski definition) is 5. The minimum absolute atomic E-state index is 0.0460. The lowest BCUT2D eigenvalue weighted by Gasteiger charge is -2.05. The van der Waals surface area contributed by atoms with Gasteiger partial charge in [0.1, 0.15) is 5.75 Å². The fourth-order valence-corrected chi connectivity index (χ4v) is 2.26. The number of halogens is 1. The van der Waals surface area contributed by atoms with Gasteiger partial charge in [0.15, 0.2) is 10.9 Å². The molecular weight excluding hydrogens is 272 g/mol. The second-order valence-electron chi connectivity index (χ2n) is 3.63. The molecule has 0 unspecified atom stereocenters. The van der Waals surface area contributed by atoms with E-state index in [2.05, 4.69) is 4.98 Å². The van der Waals surface area contributed by atoms with Crippen LogP contribution in [0.15, 0.2) is 23.6 Å². The van der Waals surface area contributed by atoms with Gasteiger partial charge in [-0.15, -0.1) is 11.3 Å². The average molecular weight is 283 g/mol. The van der Waals surface area contributed by atoms with Crippen molar-refractivity contribution in [2.75, 3.05) is 12.8 Å². The van der Waals surface area contributed by atoms with Crippen LogP contribution in [0.1, 0.15) is 16.1 Å². The summed E-state index contributed by atoms with van der Waals surface area (Å²) in [7, 11) is 1.51. The minimum atomic E-state index is -0.0460. The highest BCUT2D eigenvalue weighted by molar-refractivity contribution is 7.13. The fraction of sp³-hybridized carbons (Fsp3) is 0.167. The Morgan fingerprint density at radius 2 is 2.33 bits per heavy atom. The molecule has 2 aromatic rings. The molecule has 0 aliphatic rings. The van der Waals surface area contributed by atoms with Crippen LogP contribution in [0.3, 0.4) is 0 Å². The van der Waals surface area contributed by atoms with Crippen molar-refractivity contribution in [3.8, 4) is 5.75 Å². The van der Waals surface area contributed by atoms with E-state index in [1.807, 2.05) is 0 Å². The number of ether oxygens (including phenoxy) is 1. The highest BCUT2D eigenvalue weighted by atomic mass is 35.5. The Hall–Kier alpha value is -1.59. The molecule has 0 bridgehead atoms. The van der Waals surface area contributed by atoms with Gasteiger partial charge < -0.3 is 10.5 Å². The largest absolute Gasteiger partial charge is 0.495 e. The molecule has 1 aromatic carbocycles. The zero-order chi connectivity index (χ0) is 13.1. The maximum absolute atomic E-state index is 12.0. The van der Waals surface area contributed by atoms with Gasteiger partial charge in [-0.1, -0.05) is 11.6 Å². The topological polar surface area (TPSA) is 65.2 Å². The van der Waals surface area contributed by atoms with Gasteiger partial charge in [-0.3, -0.25) is 4.79 Å². The van der Waals surface area contributed by atoms with E-state index in [0.717, 1.165) is 0 Å². The van der Waals surface area contributed by atoms with Gasteiger partial charge in [0.05, 0.1) is 24.2 Å². The van der Waals surface area contributed by atoms with Gasteiger partial charge in [0, 0.05) is 10.9 Å². The van der Waals surface area contributed by atoms with Crippen LogP contribution in [-0.4, -0.2) is 17.9 Å². The molecule has 2 N–H and O–H groups in total. The van der Waals surface area contributed by atoms with Crippen LogP contribution in [0.5, 0.6) is 5.75 Å². The zero-order valence-corrected chi connectivity index (χ0v) is 11.2. The minimum Gasteiger partial charge on any atom is -0.495 e. The van der Waals surface area contributed by atoms with Crippen molar-refractivity contribution in [1.82, 2.24) is 4.98 Å². The second kappa shape index (κ2) is 5.37. The van der Waals surface area contributed by atoms with Crippen molar-refractivity contribution in [3.63, 3.8) is 0 Å². The van der Waals surface area contributed by atoms with E-state index in [0.29, 0.717) is 27.2 Å². The summed E-state index contributed by atoms with van der Waals surface area (Å²) in [6, 6.07) is 4.94. The molecule has 6 heteroatoms. The Balaban J connectivity index is 2.18. The van der Waals surface area contributed by atoms with Crippen molar-refractivity contribution in [3.05, 3.63) is 39.9 Å². The fourth-order valence-electron chi connectivity index (χ4n) is 1.50. The van der Waals surface area contributed by atoms with Crippen molar-refractivity contribution < 1.29 is 9.53 Å². The highest BCUT2D eigenvalue weighted by Crippen LogP contribution is 2.25. The summed E-state index contributed by atoms with van der Waals surface area (Å²) in [4.78, 5) is 16.1. The van der Waals surface area contributed by atoms with Crippen molar-refractivity contribution in [2.24, 2.45) is 0 Å². The van der Waals surface area contributed by atoms with Crippen LogP contribution in [0.4, 0.5) is 5.13 Å². The number of benzene rings is 1. The first-order chi connectivity index (χ1) is 8.60. The van der Waals surface area contributed by atoms with Crippen LogP contribution in [-0.2, 0) is 6.42 Å². The predicted molar refractivity (Wildman–Crippen MR) is 72.6 cm³/mol. The first-order valence-electron chi connectivity index (χ1n) is 5.17. The van der Waals surface area contributed by atoms with Gasteiger partial charge in [0.25, 0.3) is 0 Å². The molecule has 0 spiro atoms. The van der Waals surface area contributed by atoms with E-state index < -0.39 is 0 Å². The lowest BCUT2D eigenvalue weighted by atomic mass is 10.1. The molecule has 0 aliphatic heterocycles. The van der Waals surface area contributed by atoms with Crippen LogP contribution >= 0.6 is 22.9 Å². The molecule has 0 atom stereocenters. The Bertz CT molecular complexity index is 583. The van der Waals surface area contributed by atoms with Gasteiger partial charge in [0.2, 0.25) is 0 Å². The summed E-state index contributed by atoms with van der Waals surface area (Å²) in [5.41, 5.74) is 6.74. The molecule has 1 aromatic heterocycles. The number of thiazole rings is 1. The van der Waals surface area contributed by atoms with Crippen molar-refractivity contribution in [2.45, 2.75) is 6.42 Å². The number of nitrogen functional groups attached to an aromatic ring is 1. The van der Waals surface area contributed by atoms with Crippen LogP contribution in [0, 0.1) is 0 Å². The number of carbonyl (C=O) groups excluding carboxylic acids is 1. The van der Waals surface area contributed by atoms with Crippen LogP contribution in [0.25, 0.3) is 0 Å². The molecule has 2 rings (SSSR count). The third kappa shape index (κ3) is 2.80. The van der Waals surface area contributed by atoms with Gasteiger partial charge in [-0.25, -0.2) is 4.98 Å². The first-order valence-corrected chi connectivity index (χ1v) is 6.42. The monoisotopic (exact) mass is 282 g/mol. The number of methoxy groups -OCH3 is 1. The lowest BCUT2D eigenvalue weighted by Crippen LogP contribution is -2.04. The van der Waals surface area contributed by atoms with E-state index in [-0.39, 0.29) is 12.2 Å². The summed E-state index contributed by atoms with van der Waals surface area (Å²) in [5, 5.41) is 2.72. The number of rotatable bonds is 4. The summed E-state index contributed by atoms with van der Waals surface area (Å²) in [6.07, 6.45) is 0.221. The maximum Gasteiger partial charge on any atom is 0.180 e. The van der Waals surface area contributed by atoms with Gasteiger partial charge in [-0.05, 0) is 18.2 Å². The van der Waals surface area contributed by atoms with Gasteiger partial charge in [-0.2, -0.15) is 0 Å².